The Balaban J connectivity index is 0.000000744. The Bertz CT molecular complexity index is 903. The molecule has 0 radical (unpaired) electrons. The molecule has 0 N–H and O–H groups in total. The van der Waals surface area contributed by atoms with E-state index in [1.165, 1.54) is 10.9 Å². The molecule has 0 amide bonds. The summed E-state index contributed by atoms with van der Waals surface area (Å²) in [5.74, 6) is 0.736. The molecule has 144 valence electrons. The topological polar surface area (TPSA) is 30.2 Å². The van der Waals surface area contributed by atoms with E-state index >= 15 is 0 Å². The third kappa shape index (κ3) is 6.98. The van der Waals surface area contributed by atoms with Crippen molar-refractivity contribution in [2.75, 3.05) is 0 Å². The molecule has 1 aromatic carbocycles. The molecule has 3 aromatic rings. The van der Waals surface area contributed by atoms with Gasteiger partial charge in [0.15, 0.2) is 5.82 Å². The molecule has 3 nitrogen and oxygen atoms in total. The second kappa shape index (κ2) is 13.2. The first kappa shape index (κ1) is 23.9. The van der Waals surface area contributed by atoms with Crippen molar-refractivity contribution in [1.82, 2.24) is 9.55 Å². The smallest absolute Gasteiger partial charge is 0.154 e. The van der Waals surface area contributed by atoms with E-state index in [4.69, 9.17) is 0 Å². The summed E-state index contributed by atoms with van der Waals surface area (Å²) in [6, 6.07) is 18.2. The first-order valence-electron chi connectivity index (χ1n) is 8.58. The van der Waals surface area contributed by atoms with E-state index in [9.17, 15) is 0 Å². The number of pyridine rings is 2. The summed E-state index contributed by atoms with van der Waals surface area (Å²) in [6.07, 6.45) is 9.76. The number of allylic oxidation sites excluding steroid dienone is 4. The molecule has 0 atom stereocenters. The first-order valence-corrected chi connectivity index (χ1v) is 8.58. The Kier molecular flexibility index (Phi) is 11.7. The number of halogens is 2. The average molecular weight is 371 g/mol. The van der Waals surface area contributed by atoms with Gasteiger partial charge in [0.25, 0.3) is 0 Å². The summed E-state index contributed by atoms with van der Waals surface area (Å²) >= 11 is 0. The summed E-state index contributed by atoms with van der Waals surface area (Å²) < 4.78 is 2.20. The predicted octanol–water partition coefficient (Wildman–Crippen LogP) is 5.73. The largest absolute Gasteiger partial charge is 0.326 e. The van der Waals surface area contributed by atoms with Crippen LogP contribution < -0.4 is 5.49 Å². The minimum absolute atomic E-state index is 0. The Hall–Kier alpha value is -3.08. The van der Waals surface area contributed by atoms with E-state index in [2.05, 4.69) is 51.8 Å². The van der Waals surface area contributed by atoms with Crippen LogP contribution in [0.25, 0.3) is 10.9 Å². The maximum atomic E-state index is 4.61. The highest BCUT2D eigenvalue weighted by molar-refractivity contribution is 5.78. The monoisotopic (exact) mass is 371 g/mol. The van der Waals surface area contributed by atoms with Crippen LogP contribution in [0.1, 0.15) is 20.8 Å². The van der Waals surface area contributed by atoms with Crippen molar-refractivity contribution in [3.8, 4) is 0 Å². The standard InChI is InChI=1S/C16H15N3.C6H10.2FH/c1-2-19-14-8-4-3-7-13(14)10-11-16(19)18-15-9-5-6-12-17-15;1-3-5-6-4-2;;/h3-12H,2H2,1H3;3-6H,1-2H3;2*1H/b18-16-;5-3-,6-4-;;. The number of nitrogens with zero attached hydrogens (tertiary/aromatic N) is 3. The van der Waals surface area contributed by atoms with Crippen molar-refractivity contribution < 1.29 is 9.41 Å². The van der Waals surface area contributed by atoms with Crippen LogP contribution >= 0.6 is 0 Å². The molecule has 5 heteroatoms. The van der Waals surface area contributed by atoms with Gasteiger partial charge >= 0.3 is 0 Å². The number of aryl methyl sites for hydroxylation is 1. The Morgan fingerprint density at radius 1 is 0.889 bits per heavy atom. The van der Waals surface area contributed by atoms with Gasteiger partial charge in [0.2, 0.25) is 0 Å². The fourth-order valence-electron chi connectivity index (χ4n) is 2.44. The highest BCUT2D eigenvalue weighted by Crippen LogP contribution is 2.11. The van der Waals surface area contributed by atoms with Gasteiger partial charge in [-0.05, 0) is 56.5 Å². The molecular formula is C22H27F2N3. The van der Waals surface area contributed by atoms with Crippen molar-refractivity contribution in [3.63, 3.8) is 0 Å². The number of aromatic nitrogens is 2. The quantitative estimate of drug-likeness (QED) is 0.541. The van der Waals surface area contributed by atoms with Gasteiger partial charge in [-0.3, -0.25) is 9.41 Å². The zero-order valence-corrected chi connectivity index (χ0v) is 15.9. The molecule has 0 fully saturated rings. The van der Waals surface area contributed by atoms with E-state index in [1.807, 2.05) is 62.4 Å². The number of rotatable bonds is 3. The molecule has 0 spiro atoms. The second-order valence-corrected chi connectivity index (χ2v) is 5.35. The van der Waals surface area contributed by atoms with Crippen LogP contribution in [0, 0.1) is 0 Å². The van der Waals surface area contributed by atoms with E-state index < -0.39 is 0 Å². The normalized spacial score (nSPS) is 11.0. The van der Waals surface area contributed by atoms with Crippen molar-refractivity contribution in [3.05, 3.63) is 90.6 Å². The lowest BCUT2D eigenvalue weighted by molar-refractivity contribution is 0.743. The fourth-order valence-corrected chi connectivity index (χ4v) is 2.44. The molecule has 0 aliphatic rings. The molecule has 2 heterocycles. The summed E-state index contributed by atoms with van der Waals surface area (Å²) in [5, 5.41) is 1.23. The van der Waals surface area contributed by atoms with Crippen molar-refractivity contribution >= 4 is 16.7 Å². The van der Waals surface area contributed by atoms with Crippen molar-refractivity contribution in [2.45, 2.75) is 27.3 Å². The molecular weight excluding hydrogens is 344 g/mol. The molecule has 0 unspecified atom stereocenters. The number of para-hydroxylation sites is 1. The second-order valence-electron chi connectivity index (χ2n) is 5.35. The number of benzene rings is 1. The molecule has 27 heavy (non-hydrogen) atoms. The summed E-state index contributed by atoms with van der Waals surface area (Å²) in [7, 11) is 0. The molecule has 0 saturated carbocycles. The van der Waals surface area contributed by atoms with E-state index in [0.717, 1.165) is 17.9 Å². The maximum Gasteiger partial charge on any atom is 0.154 e. The molecule has 0 aliphatic heterocycles. The molecule has 3 rings (SSSR count). The van der Waals surface area contributed by atoms with E-state index in [0.29, 0.717) is 0 Å². The SMILES string of the molecule is C/C=C\C=C/C.CCn1/c(=N\c2ccccn2)ccc2ccccc21.F.F. The Morgan fingerprint density at radius 3 is 2.15 bits per heavy atom. The van der Waals surface area contributed by atoms with Gasteiger partial charge in [-0.2, -0.15) is 0 Å². The van der Waals surface area contributed by atoms with E-state index in [-0.39, 0.29) is 9.41 Å². The average Bonchev–Trinajstić information content (AvgIpc) is 2.67. The lowest BCUT2D eigenvalue weighted by Gasteiger charge is -2.09. The summed E-state index contributed by atoms with van der Waals surface area (Å²) in [6.45, 7) is 7.01. The third-order valence-corrected chi connectivity index (χ3v) is 3.61. The van der Waals surface area contributed by atoms with Crippen LogP contribution in [0.5, 0.6) is 0 Å². The molecule has 0 saturated heterocycles. The highest BCUT2D eigenvalue weighted by atomic mass is 19.0. The number of fused-ring (bicyclic) bond motifs is 1. The van der Waals surface area contributed by atoms with Crippen molar-refractivity contribution in [2.24, 2.45) is 4.99 Å². The Labute approximate surface area is 159 Å². The van der Waals surface area contributed by atoms with E-state index in [1.54, 1.807) is 6.20 Å². The lowest BCUT2D eigenvalue weighted by Crippen LogP contribution is -2.19. The zero-order valence-electron chi connectivity index (χ0n) is 15.9. The molecule has 2 aromatic heterocycles. The minimum Gasteiger partial charge on any atom is -0.326 e. The van der Waals surface area contributed by atoms with Crippen LogP contribution in [-0.2, 0) is 6.54 Å². The van der Waals surface area contributed by atoms with Gasteiger partial charge in [-0.25, -0.2) is 9.98 Å². The van der Waals surface area contributed by atoms with Gasteiger partial charge in [-0.15, -0.1) is 0 Å². The molecule has 0 bridgehead atoms. The number of hydrogen-bond acceptors (Lipinski definition) is 2. The zero-order chi connectivity index (χ0) is 17.9. The van der Waals surface area contributed by atoms with Gasteiger partial charge in [0, 0.05) is 18.3 Å². The van der Waals surface area contributed by atoms with Gasteiger partial charge in [-0.1, -0.05) is 48.6 Å². The third-order valence-electron chi connectivity index (χ3n) is 3.61. The fraction of sp³-hybridized carbons (Fsp3) is 0.182. The van der Waals surface area contributed by atoms with Crippen LogP contribution in [0.15, 0.2) is 90.1 Å². The van der Waals surface area contributed by atoms with Crippen molar-refractivity contribution in [1.29, 1.82) is 0 Å². The minimum atomic E-state index is 0. The van der Waals surface area contributed by atoms with Gasteiger partial charge < -0.3 is 4.57 Å². The summed E-state index contributed by atoms with van der Waals surface area (Å²) in [4.78, 5) is 8.86. The van der Waals surface area contributed by atoms with Crippen LogP contribution in [0.3, 0.4) is 0 Å². The Morgan fingerprint density at radius 2 is 1.56 bits per heavy atom. The molecule has 0 aliphatic carbocycles. The van der Waals surface area contributed by atoms with Gasteiger partial charge in [0.05, 0.1) is 0 Å². The number of hydrogen-bond donors (Lipinski definition) is 0. The van der Waals surface area contributed by atoms with Gasteiger partial charge in [0.1, 0.15) is 5.49 Å². The lowest BCUT2D eigenvalue weighted by atomic mass is 10.2. The first-order chi connectivity index (χ1) is 12.3. The highest BCUT2D eigenvalue weighted by Gasteiger charge is 1.99. The van der Waals surface area contributed by atoms with Crippen LogP contribution in [0.2, 0.25) is 0 Å². The maximum absolute atomic E-state index is 4.61. The summed E-state index contributed by atoms with van der Waals surface area (Å²) in [5.41, 5.74) is 2.13. The van der Waals surface area contributed by atoms with Crippen LogP contribution in [0.4, 0.5) is 15.2 Å². The van der Waals surface area contributed by atoms with Crippen LogP contribution in [-0.4, -0.2) is 9.55 Å². The predicted molar refractivity (Wildman–Crippen MR) is 112 cm³/mol.